The minimum atomic E-state index is 0.338. The highest BCUT2D eigenvalue weighted by Crippen LogP contribution is 2.24. The highest BCUT2D eigenvalue weighted by molar-refractivity contribution is 6.22. The lowest BCUT2D eigenvalue weighted by molar-refractivity contribution is 0.884. The monoisotopic (exact) mass is 130 g/mol. The standard InChI is InChI=1S/C7H11Cl/c1-2-6-3-4-7(8)5-6/h5,7H,2-4H2,1H3. The molecule has 0 radical (unpaired) electrons. The van der Waals surface area contributed by atoms with E-state index in [4.69, 9.17) is 11.6 Å². The maximum Gasteiger partial charge on any atom is 0.0521 e. The molecule has 1 heteroatoms. The molecule has 1 aliphatic rings. The van der Waals surface area contributed by atoms with E-state index >= 15 is 0 Å². The van der Waals surface area contributed by atoms with Gasteiger partial charge in [-0.2, -0.15) is 0 Å². The third kappa shape index (κ3) is 1.25. The molecule has 1 rings (SSSR count). The van der Waals surface area contributed by atoms with Gasteiger partial charge in [-0.1, -0.05) is 18.6 Å². The van der Waals surface area contributed by atoms with Gasteiger partial charge in [-0.05, 0) is 19.3 Å². The molecule has 0 aromatic carbocycles. The first kappa shape index (κ1) is 6.15. The summed E-state index contributed by atoms with van der Waals surface area (Å²) in [5, 5.41) is 0.338. The van der Waals surface area contributed by atoms with E-state index in [2.05, 4.69) is 13.0 Å². The summed E-state index contributed by atoms with van der Waals surface area (Å²) in [4.78, 5) is 0. The Bertz CT molecular complexity index is 105. The van der Waals surface area contributed by atoms with Crippen LogP contribution in [0.3, 0.4) is 0 Å². The van der Waals surface area contributed by atoms with Crippen LogP contribution >= 0.6 is 11.6 Å². The van der Waals surface area contributed by atoms with Gasteiger partial charge in [0.2, 0.25) is 0 Å². The van der Waals surface area contributed by atoms with Crippen LogP contribution in [0.4, 0.5) is 0 Å². The molecule has 1 aliphatic carbocycles. The van der Waals surface area contributed by atoms with E-state index in [1.165, 1.54) is 18.4 Å². The number of hydrogen-bond donors (Lipinski definition) is 0. The average Bonchev–Trinajstić information content (AvgIpc) is 2.14. The van der Waals surface area contributed by atoms with Crippen LogP contribution < -0.4 is 0 Å². The molecule has 0 aliphatic heterocycles. The average molecular weight is 131 g/mol. The highest BCUT2D eigenvalue weighted by Gasteiger charge is 2.10. The first-order chi connectivity index (χ1) is 3.83. The SMILES string of the molecule is CCC1=CC(Cl)CC1. The Morgan fingerprint density at radius 2 is 2.62 bits per heavy atom. The quantitative estimate of drug-likeness (QED) is 0.378. The molecule has 0 aromatic rings. The fraction of sp³-hybridized carbons (Fsp3) is 0.714. The lowest BCUT2D eigenvalue weighted by Crippen LogP contribution is -1.81. The molecular weight excluding hydrogens is 120 g/mol. The van der Waals surface area contributed by atoms with Gasteiger partial charge < -0.3 is 0 Å². The molecule has 0 amide bonds. The highest BCUT2D eigenvalue weighted by atomic mass is 35.5. The Morgan fingerprint density at radius 1 is 1.88 bits per heavy atom. The molecule has 1 unspecified atom stereocenters. The topological polar surface area (TPSA) is 0 Å². The second-order valence-electron chi connectivity index (χ2n) is 2.23. The van der Waals surface area contributed by atoms with Crippen molar-refractivity contribution in [3.8, 4) is 0 Å². The summed E-state index contributed by atoms with van der Waals surface area (Å²) in [6.07, 6.45) is 5.75. The molecule has 1 atom stereocenters. The first-order valence-corrected chi connectivity index (χ1v) is 3.60. The Balaban J connectivity index is 2.44. The molecule has 0 aromatic heterocycles. The normalized spacial score (nSPS) is 28.2. The summed E-state index contributed by atoms with van der Waals surface area (Å²) in [6, 6.07) is 0. The van der Waals surface area contributed by atoms with Crippen molar-refractivity contribution in [3.63, 3.8) is 0 Å². The Kier molecular flexibility index (Phi) is 1.95. The third-order valence-corrected chi connectivity index (χ3v) is 1.96. The van der Waals surface area contributed by atoms with E-state index in [1.807, 2.05) is 0 Å². The van der Waals surface area contributed by atoms with Gasteiger partial charge in [-0.15, -0.1) is 11.6 Å². The fourth-order valence-corrected chi connectivity index (χ4v) is 1.33. The summed E-state index contributed by atoms with van der Waals surface area (Å²) in [6.45, 7) is 2.18. The van der Waals surface area contributed by atoms with Crippen LogP contribution in [0.15, 0.2) is 11.6 Å². The van der Waals surface area contributed by atoms with Crippen molar-refractivity contribution in [1.82, 2.24) is 0 Å². The summed E-state index contributed by atoms with van der Waals surface area (Å²) < 4.78 is 0. The van der Waals surface area contributed by atoms with Gasteiger partial charge >= 0.3 is 0 Å². The predicted octanol–water partition coefficient (Wildman–Crippen LogP) is 2.72. The molecule has 0 heterocycles. The van der Waals surface area contributed by atoms with Crippen molar-refractivity contribution in [2.75, 3.05) is 0 Å². The Labute approximate surface area is 55.5 Å². The maximum absolute atomic E-state index is 5.81. The molecule has 0 bridgehead atoms. The van der Waals surface area contributed by atoms with Crippen LogP contribution in [0.1, 0.15) is 26.2 Å². The molecule has 0 saturated heterocycles. The third-order valence-electron chi connectivity index (χ3n) is 1.61. The number of allylic oxidation sites excluding steroid dienone is 2. The minimum absolute atomic E-state index is 0.338. The Hall–Kier alpha value is 0.0300. The summed E-state index contributed by atoms with van der Waals surface area (Å²) in [5.41, 5.74) is 1.53. The van der Waals surface area contributed by atoms with Crippen LogP contribution in [0.2, 0.25) is 0 Å². The molecule has 8 heavy (non-hydrogen) atoms. The van der Waals surface area contributed by atoms with Crippen molar-refractivity contribution in [2.24, 2.45) is 0 Å². The zero-order valence-corrected chi connectivity index (χ0v) is 5.91. The molecule has 0 N–H and O–H groups in total. The van der Waals surface area contributed by atoms with Crippen LogP contribution in [0, 0.1) is 0 Å². The lowest BCUT2D eigenvalue weighted by Gasteiger charge is -1.88. The van der Waals surface area contributed by atoms with E-state index in [0.717, 1.165) is 6.42 Å². The maximum atomic E-state index is 5.81. The van der Waals surface area contributed by atoms with Gasteiger partial charge in [0.05, 0.1) is 5.38 Å². The second kappa shape index (κ2) is 2.54. The van der Waals surface area contributed by atoms with E-state index in [-0.39, 0.29) is 0 Å². The fourth-order valence-electron chi connectivity index (χ4n) is 1.04. The summed E-state index contributed by atoms with van der Waals surface area (Å²) in [5.74, 6) is 0. The predicted molar refractivity (Wildman–Crippen MR) is 37.2 cm³/mol. The molecular formula is C7H11Cl. The van der Waals surface area contributed by atoms with Crippen LogP contribution in [-0.2, 0) is 0 Å². The van der Waals surface area contributed by atoms with Gasteiger partial charge in [0.25, 0.3) is 0 Å². The van der Waals surface area contributed by atoms with Crippen molar-refractivity contribution in [3.05, 3.63) is 11.6 Å². The summed E-state index contributed by atoms with van der Waals surface area (Å²) in [7, 11) is 0. The van der Waals surface area contributed by atoms with Crippen molar-refractivity contribution in [2.45, 2.75) is 31.6 Å². The van der Waals surface area contributed by atoms with Crippen LogP contribution in [0.25, 0.3) is 0 Å². The minimum Gasteiger partial charge on any atom is -0.118 e. The van der Waals surface area contributed by atoms with E-state index in [9.17, 15) is 0 Å². The molecule has 46 valence electrons. The number of rotatable bonds is 1. The Morgan fingerprint density at radius 3 is 2.88 bits per heavy atom. The van der Waals surface area contributed by atoms with Gasteiger partial charge in [0.15, 0.2) is 0 Å². The number of hydrogen-bond acceptors (Lipinski definition) is 0. The second-order valence-corrected chi connectivity index (χ2v) is 2.79. The summed E-state index contributed by atoms with van der Waals surface area (Å²) >= 11 is 5.81. The largest absolute Gasteiger partial charge is 0.118 e. The van der Waals surface area contributed by atoms with E-state index < -0.39 is 0 Å². The van der Waals surface area contributed by atoms with E-state index in [0.29, 0.717) is 5.38 Å². The number of alkyl halides is 1. The van der Waals surface area contributed by atoms with Crippen molar-refractivity contribution < 1.29 is 0 Å². The van der Waals surface area contributed by atoms with Gasteiger partial charge in [-0.3, -0.25) is 0 Å². The molecule has 0 saturated carbocycles. The zero-order valence-electron chi connectivity index (χ0n) is 5.15. The van der Waals surface area contributed by atoms with Gasteiger partial charge in [0.1, 0.15) is 0 Å². The smallest absolute Gasteiger partial charge is 0.0521 e. The van der Waals surface area contributed by atoms with E-state index in [1.54, 1.807) is 0 Å². The zero-order chi connectivity index (χ0) is 5.98. The molecule has 0 nitrogen and oxygen atoms in total. The number of halogens is 1. The van der Waals surface area contributed by atoms with Gasteiger partial charge in [0, 0.05) is 0 Å². The van der Waals surface area contributed by atoms with Crippen LogP contribution in [0.5, 0.6) is 0 Å². The first-order valence-electron chi connectivity index (χ1n) is 3.16. The lowest BCUT2D eigenvalue weighted by atomic mass is 10.2. The molecule has 0 fully saturated rings. The van der Waals surface area contributed by atoms with Crippen LogP contribution in [-0.4, -0.2) is 5.38 Å². The van der Waals surface area contributed by atoms with Gasteiger partial charge in [-0.25, -0.2) is 0 Å². The van der Waals surface area contributed by atoms with Crippen molar-refractivity contribution in [1.29, 1.82) is 0 Å². The van der Waals surface area contributed by atoms with Crippen molar-refractivity contribution >= 4 is 11.6 Å². The molecule has 0 spiro atoms.